The molecule has 1 heterocycles. The molecule has 0 radical (unpaired) electrons. The largest absolute Gasteiger partial charge is 0.377 e. The second kappa shape index (κ2) is 4.97. The lowest BCUT2D eigenvalue weighted by Gasteiger charge is -2.44. The van der Waals surface area contributed by atoms with Crippen LogP contribution in [0, 0.1) is 11.8 Å². The standard InChI is InChI=1S/C14H25NO2/c1-11(12-6-4-5-7-12)13(16)15-8-9-17-10-14(15,2)3/h11-12H,4-10H2,1-3H3. The zero-order chi connectivity index (χ0) is 12.5. The van der Waals surface area contributed by atoms with Crippen molar-refractivity contribution in [2.45, 2.75) is 52.0 Å². The van der Waals surface area contributed by atoms with Gasteiger partial charge in [-0.15, -0.1) is 0 Å². The molecule has 98 valence electrons. The number of hydrogen-bond acceptors (Lipinski definition) is 2. The molecule has 0 aromatic carbocycles. The van der Waals surface area contributed by atoms with Crippen LogP contribution in [0.5, 0.6) is 0 Å². The molecule has 0 bridgehead atoms. The first-order valence-corrected chi connectivity index (χ1v) is 6.91. The van der Waals surface area contributed by atoms with Crippen LogP contribution in [0.4, 0.5) is 0 Å². The number of nitrogens with zero attached hydrogens (tertiary/aromatic N) is 1. The zero-order valence-electron chi connectivity index (χ0n) is 11.4. The Labute approximate surface area is 105 Å². The first-order valence-electron chi connectivity index (χ1n) is 6.91. The highest BCUT2D eigenvalue weighted by atomic mass is 16.5. The quantitative estimate of drug-likeness (QED) is 0.741. The van der Waals surface area contributed by atoms with E-state index in [4.69, 9.17) is 4.74 Å². The maximum absolute atomic E-state index is 12.6. The molecule has 1 aliphatic carbocycles. The Kier molecular flexibility index (Phi) is 3.76. The molecule has 1 atom stereocenters. The summed E-state index contributed by atoms with van der Waals surface area (Å²) < 4.78 is 5.48. The molecule has 1 amide bonds. The third-order valence-corrected chi connectivity index (χ3v) is 4.41. The molecule has 0 spiro atoms. The van der Waals surface area contributed by atoms with Gasteiger partial charge in [-0.3, -0.25) is 4.79 Å². The minimum absolute atomic E-state index is 0.137. The van der Waals surface area contributed by atoms with Gasteiger partial charge in [-0.05, 0) is 32.6 Å². The normalized spacial score (nSPS) is 27.1. The summed E-state index contributed by atoms with van der Waals surface area (Å²) in [7, 11) is 0. The summed E-state index contributed by atoms with van der Waals surface area (Å²) in [5, 5.41) is 0. The van der Waals surface area contributed by atoms with Crippen LogP contribution in [-0.2, 0) is 9.53 Å². The summed E-state index contributed by atoms with van der Waals surface area (Å²) in [6, 6.07) is 0. The van der Waals surface area contributed by atoms with Gasteiger partial charge in [0.1, 0.15) is 0 Å². The zero-order valence-corrected chi connectivity index (χ0v) is 11.4. The van der Waals surface area contributed by atoms with Crippen molar-refractivity contribution < 1.29 is 9.53 Å². The van der Waals surface area contributed by atoms with Crippen molar-refractivity contribution in [1.82, 2.24) is 4.90 Å². The maximum atomic E-state index is 12.6. The second-order valence-electron chi connectivity index (χ2n) is 6.19. The first-order chi connectivity index (χ1) is 8.02. The average molecular weight is 239 g/mol. The van der Waals surface area contributed by atoms with Crippen LogP contribution < -0.4 is 0 Å². The molecule has 2 rings (SSSR count). The van der Waals surface area contributed by atoms with E-state index in [9.17, 15) is 4.79 Å². The van der Waals surface area contributed by atoms with Crippen LogP contribution in [0.2, 0.25) is 0 Å². The van der Waals surface area contributed by atoms with Gasteiger partial charge in [0.05, 0.1) is 18.8 Å². The summed E-state index contributed by atoms with van der Waals surface area (Å²) in [5.41, 5.74) is -0.137. The molecule has 1 saturated heterocycles. The number of rotatable bonds is 2. The van der Waals surface area contributed by atoms with Crippen LogP contribution in [0.25, 0.3) is 0 Å². The predicted molar refractivity (Wildman–Crippen MR) is 67.7 cm³/mol. The lowest BCUT2D eigenvalue weighted by molar-refractivity contribution is -0.151. The van der Waals surface area contributed by atoms with E-state index >= 15 is 0 Å². The van der Waals surface area contributed by atoms with Crippen molar-refractivity contribution in [3.8, 4) is 0 Å². The molecule has 1 unspecified atom stereocenters. The van der Waals surface area contributed by atoms with Gasteiger partial charge in [-0.2, -0.15) is 0 Å². The number of hydrogen-bond donors (Lipinski definition) is 0. The van der Waals surface area contributed by atoms with E-state index < -0.39 is 0 Å². The summed E-state index contributed by atoms with van der Waals surface area (Å²) in [6.07, 6.45) is 5.07. The van der Waals surface area contributed by atoms with Gasteiger partial charge >= 0.3 is 0 Å². The van der Waals surface area contributed by atoms with Crippen LogP contribution in [-0.4, -0.2) is 36.1 Å². The molecule has 17 heavy (non-hydrogen) atoms. The van der Waals surface area contributed by atoms with Crippen molar-refractivity contribution in [2.24, 2.45) is 11.8 Å². The SMILES string of the molecule is CC(C(=O)N1CCOCC1(C)C)C1CCCC1. The molecule has 1 aliphatic heterocycles. The van der Waals surface area contributed by atoms with Crippen molar-refractivity contribution >= 4 is 5.91 Å². The fraction of sp³-hybridized carbons (Fsp3) is 0.929. The van der Waals surface area contributed by atoms with Gasteiger partial charge < -0.3 is 9.64 Å². The van der Waals surface area contributed by atoms with E-state index in [1.807, 2.05) is 4.90 Å². The van der Waals surface area contributed by atoms with Crippen molar-refractivity contribution in [1.29, 1.82) is 0 Å². The summed E-state index contributed by atoms with van der Waals surface area (Å²) >= 11 is 0. The van der Waals surface area contributed by atoms with Crippen LogP contribution >= 0.6 is 0 Å². The van der Waals surface area contributed by atoms with E-state index in [-0.39, 0.29) is 11.5 Å². The van der Waals surface area contributed by atoms with Crippen LogP contribution in [0.1, 0.15) is 46.5 Å². The number of amides is 1. The second-order valence-corrected chi connectivity index (χ2v) is 6.19. The van der Waals surface area contributed by atoms with Crippen LogP contribution in [0.15, 0.2) is 0 Å². The van der Waals surface area contributed by atoms with E-state index in [1.165, 1.54) is 25.7 Å². The minimum Gasteiger partial charge on any atom is -0.377 e. The Balaban J connectivity index is 2.02. The molecule has 0 N–H and O–H groups in total. The first kappa shape index (κ1) is 12.9. The minimum atomic E-state index is -0.137. The molecule has 3 heteroatoms. The molecule has 0 aromatic heterocycles. The number of ether oxygens (including phenoxy) is 1. The smallest absolute Gasteiger partial charge is 0.226 e. The van der Waals surface area contributed by atoms with Gasteiger partial charge in [-0.25, -0.2) is 0 Å². The van der Waals surface area contributed by atoms with Gasteiger partial charge in [-0.1, -0.05) is 19.8 Å². The highest BCUT2D eigenvalue weighted by molar-refractivity contribution is 5.79. The Morgan fingerprint density at radius 1 is 1.35 bits per heavy atom. The average Bonchev–Trinajstić information content (AvgIpc) is 2.80. The van der Waals surface area contributed by atoms with E-state index in [2.05, 4.69) is 20.8 Å². The Morgan fingerprint density at radius 3 is 2.59 bits per heavy atom. The Hall–Kier alpha value is -0.570. The molecule has 2 aliphatic rings. The summed E-state index contributed by atoms with van der Waals surface area (Å²) in [6.45, 7) is 8.42. The number of carbonyl (C=O) groups is 1. The van der Waals surface area contributed by atoms with Crippen molar-refractivity contribution in [3.63, 3.8) is 0 Å². The maximum Gasteiger partial charge on any atom is 0.226 e. The van der Waals surface area contributed by atoms with E-state index in [0.717, 1.165) is 6.54 Å². The van der Waals surface area contributed by atoms with Crippen LogP contribution in [0.3, 0.4) is 0 Å². The van der Waals surface area contributed by atoms with Crippen molar-refractivity contribution in [3.05, 3.63) is 0 Å². The third-order valence-electron chi connectivity index (χ3n) is 4.41. The number of morpholine rings is 1. The highest BCUT2D eigenvalue weighted by Gasteiger charge is 2.38. The third kappa shape index (κ3) is 2.65. The fourth-order valence-electron chi connectivity index (χ4n) is 3.17. The van der Waals surface area contributed by atoms with Gasteiger partial charge in [0.25, 0.3) is 0 Å². The Morgan fingerprint density at radius 2 is 2.00 bits per heavy atom. The highest BCUT2D eigenvalue weighted by Crippen LogP contribution is 2.33. The molecule has 2 fully saturated rings. The fourth-order valence-corrected chi connectivity index (χ4v) is 3.17. The molecular weight excluding hydrogens is 214 g/mol. The van der Waals surface area contributed by atoms with E-state index in [1.54, 1.807) is 0 Å². The van der Waals surface area contributed by atoms with Gasteiger partial charge in [0, 0.05) is 12.5 Å². The lowest BCUT2D eigenvalue weighted by Crippen LogP contribution is -2.57. The van der Waals surface area contributed by atoms with Gasteiger partial charge in [0.2, 0.25) is 5.91 Å². The molecule has 1 saturated carbocycles. The summed E-state index contributed by atoms with van der Waals surface area (Å²) in [5.74, 6) is 1.14. The molecule has 0 aromatic rings. The topological polar surface area (TPSA) is 29.5 Å². The number of carbonyl (C=O) groups excluding carboxylic acids is 1. The Bertz CT molecular complexity index is 282. The van der Waals surface area contributed by atoms with Gasteiger partial charge in [0.15, 0.2) is 0 Å². The lowest BCUT2D eigenvalue weighted by atomic mass is 9.89. The predicted octanol–water partition coefficient (Wildman–Crippen LogP) is 2.45. The van der Waals surface area contributed by atoms with Crippen molar-refractivity contribution in [2.75, 3.05) is 19.8 Å². The van der Waals surface area contributed by atoms with E-state index in [0.29, 0.717) is 25.0 Å². The summed E-state index contributed by atoms with van der Waals surface area (Å²) in [4.78, 5) is 14.6. The monoisotopic (exact) mass is 239 g/mol. The molecular formula is C14H25NO2. The molecule has 3 nitrogen and oxygen atoms in total.